The Labute approximate surface area is 97.1 Å². The maximum Gasteiger partial charge on any atom is 0.225 e. The molecule has 1 rings (SSSR count). The van der Waals surface area contributed by atoms with Gasteiger partial charge in [0, 0.05) is 17.4 Å². The fourth-order valence-electron chi connectivity index (χ4n) is 1.20. The third kappa shape index (κ3) is 3.21. The van der Waals surface area contributed by atoms with Crippen molar-refractivity contribution < 1.29 is 4.79 Å². The highest BCUT2D eigenvalue weighted by Gasteiger charge is 2.07. The van der Waals surface area contributed by atoms with Gasteiger partial charge in [-0.15, -0.1) is 0 Å². The summed E-state index contributed by atoms with van der Waals surface area (Å²) < 4.78 is 0.886. The molecule has 0 bridgehead atoms. The lowest BCUT2D eigenvalue weighted by Crippen LogP contribution is -2.17. The maximum absolute atomic E-state index is 11.3. The molecule has 0 saturated heterocycles. The number of benzene rings is 1. The van der Waals surface area contributed by atoms with Gasteiger partial charge in [0.05, 0.1) is 11.4 Å². The second-order valence-electron chi connectivity index (χ2n) is 3.27. The van der Waals surface area contributed by atoms with E-state index in [4.69, 9.17) is 11.5 Å². The molecule has 4 nitrogen and oxygen atoms in total. The Balaban J connectivity index is 2.89. The second kappa shape index (κ2) is 5.14. The van der Waals surface area contributed by atoms with Crippen LogP contribution >= 0.6 is 15.9 Å². The van der Waals surface area contributed by atoms with E-state index >= 15 is 0 Å². The Morgan fingerprint density at radius 1 is 1.53 bits per heavy atom. The fourth-order valence-corrected chi connectivity index (χ4v) is 1.77. The van der Waals surface area contributed by atoms with Crippen LogP contribution in [-0.4, -0.2) is 12.5 Å². The Bertz CT molecular complexity index is 379. The predicted octanol–water partition coefficient (Wildman–Crippen LogP) is 1.63. The first kappa shape index (κ1) is 12.0. The zero-order valence-electron chi connectivity index (χ0n) is 8.51. The zero-order valence-corrected chi connectivity index (χ0v) is 10.1. The predicted molar refractivity (Wildman–Crippen MR) is 65.6 cm³/mol. The number of halogens is 1. The molecule has 0 aromatic heterocycles. The van der Waals surface area contributed by atoms with Crippen LogP contribution in [-0.2, 0) is 4.79 Å². The largest absolute Gasteiger partial charge is 0.397 e. The van der Waals surface area contributed by atoms with Crippen molar-refractivity contribution in [1.29, 1.82) is 0 Å². The summed E-state index contributed by atoms with van der Waals surface area (Å²) >= 11 is 3.34. The van der Waals surface area contributed by atoms with Crippen molar-refractivity contribution in [3.63, 3.8) is 0 Å². The zero-order chi connectivity index (χ0) is 11.4. The van der Waals surface area contributed by atoms with E-state index in [1.165, 1.54) is 0 Å². The highest BCUT2D eigenvalue weighted by Crippen LogP contribution is 2.27. The second-order valence-corrected chi connectivity index (χ2v) is 4.19. The number of carbonyl (C=O) groups is 1. The van der Waals surface area contributed by atoms with E-state index in [0.29, 0.717) is 24.3 Å². The van der Waals surface area contributed by atoms with Gasteiger partial charge in [-0.25, -0.2) is 0 Å². The molecule has 1 aromatic carbocycles. The van der Waals surface area contributed by atoms with E-state index in [1.54, 1.807) is 6.07 Å². The molecule has 0 aliphatic heterocycles. The van der Waals surface area contributed by atoms with Crippen LogP contribution in [0.15, 0.2) is 16.6 Å². The number of nitrogens with two attached hydrogens (primary N) is 2. The maximum atomic E-state index is 11.3. The lowest BCUT2D eigenvalue weighted by atomic mass is 10.1. The first-order valence-corrected chi connectivity index (χ1v) is 5.39. The number of nitrogens with one attached hydrogen (secondary N) is 1. The molecule has 0 heterocycles. The Morgan fingerprint density at radius 2 is 2.20 bits per heavy atom. The number of carbonyl (C=O) groups excluding carboxylic acids is 1. The quantitative estimate of drug-likeness (QED) is 0.731. The van der Waals surface area contributed by atoms with Gasteiger partial charge in [-0.1, -0.05) is 15.9 Å². The molecule has 5 heteroatoms. The monoisotopic (exact) mass is 271 g/mol. The van der Waals surface area contributed by atoms with Gasteiger partial charge < -0.3 is 16.8 Å². The van der Waals surface area contributed by atoms with Crippen LogP contribution in [0.25, 0.3) is 0 Å². The van der Waals surface area contributed by atoms with Crippen LogP contribution in [0.4, 0.5) is 11.4 Å². The average molecular weight is 272 g/mol. The molecule has 0 aliphatic carbocycles. The summed E-state index contributed by atoms with van der Waals surface area (Å²) in [5, 5.41) is 2.72. The molecule has 1 amide bonds. The average Bonchev–Trinajstić information content (AvgIpc) is 2.13. The number of rotatable bonds is 3. The molecule has 0 fully saturated rings. The molecule has 0 saturated carbocycles. The lowest BCUT2D eigenvalue weighted by Gasteiger charge is -2.10. The van der Waals surface area contributed by atoms with Gasteiger partial charge in [-0.3, -0.25) is 4.79 Å². The summed E-state index contributed by atoms with van der Waals surface area (Å²) in [6, 6.07) is 3.67. The minimum absolute atomic E-state index is 0.123. The SMILES string of the molecule is Cc1cc(Br)cc(NC(=O)CCN)c1N. The number of nitrogen functional groups attached to an aromatic ring is 1. The molecule has 0 unspecified atom stereocenters. The Morgan fingerprint density at radius 3 is 2.80 bits per heavy atom. The summed E-state index contributed by atoms with van der Waals surface area (Å²) in [7, 11) is 0. The first-order chi connectivity index (χ1) is 7.04. The number of aryl methyl sites for hydroxylation is 1. The van der Waals surface area contributed by atoms with E-state index in [-0.39, 0.29) is 5.91 Å². The van der Waals surface area contributed by atoms with Gasteiger partial charge in [0.25, 0.3) is 0 Å². The minimum atomic E-state index is -0.123. The summed E-state index contributed by atoms with van der Waals surface area (Å²) in [5.41, 5.74) is 13.2. The van der Waals surface area contributed by atoms with E-state index in [0.717, 1.165) is 10.0 Å². The van der Waals surface area contributed by atoms with Gasteiger partial charge in [0.15, 0.2) is 0 Å². The van der Waals surface area contributed by atoms with Gasteiger partial charge in [0.2, 0.25) is 5.91 Å². The van der Waals surface area contributed by atoms with Crippen LogP contribution in [0.5, 0.6) is 0 Å². The molecule has 82 valence electrons. The Kier molecular flexibility index (Phi) is 4.11. The van der Waals surface area contributed by atoms with Crippen LogP contribution in [0, 0.1) is 6.92 Å². The van der Waals surface area contributed by atoms with Crippen LogP contribution in [0.1, 0.15) is 12.0 Å². The van der Waals surface area contributed by atoms with Crippen molar-refractivity contribution in [3.8, 4) is 0 Å². The summed E-state index contributed by atoms with van der Waals surface area (Å²) in [6.45, 7) is 2.22. The highest BCUT2D eigenvalue weighted by atomic mass is 79.9. The van der Waals surface area contributed by atoms with Gasteiger partial charge >= 0.3 is 0 Å². The molecule has 15 heavy (non-hydrogen) atoms. The lowest BCUT2D eigenvalue weighted by molar-refractivity contribution is -0.116. The topological polar surface area (TPSA) is 81.1 Å². The Hall–Kier alpha value is -1.07. The molecular weight excluding hydrogens is 258 g/mol. The number of anilines is 2. The van der Waals surface area contributed by atoms with Crippen LogP contribution < -0.4 is 16.8 Å². The van der Waals surface area contributed by atoms with E-state index in [1.807, 2.05) is 13.0 Å². The van der Waals surface area contributed by atoms with Crippen molar-refractivity contribution in [2.24, 2.45) is 5.73 Å². The molecule has 0 aliphatic rings. The number of hydrogen-bond donors (Lipinski definition) is 3. The molecule has 0 atom stereocenters. The van der Waals surface area contributed by atoms with Crippen molar-refractivity contribution in [2.75, 3.05) is 17.6 Å². The highest BCUT2D eigenvalue weighted by molar-refractivity contribution is 9.10. The number of hydrogen-bond acceptors (Lipinski definition) is 3. The van der Waals surface area contributed by atoms with Crippen molar-refractivity contribution in [3.05, 3.63) is 22.2 Å². The van der Waals surface area contributed by atoms with Crippen molar-refractivity contribution in [2.45, 2.75) is 13.3 Å². The molecule has 5 N–H and O–H groups in total. The standard InChI is InChI=1S/C10H14BrN3O/c1-6-4-7(11)5-8(10(6)13)14-9(15)2-3-12/h4-5H,2-3,12-13H2,1H3,(H,14,15). The van der Waals surface area contributed by atoms with Gasteiger partial charge in [-0.2, -0.15) is 0 Å². The third-order valence-corrected chi connectivity index (χ3v) is 2.45. The molecule has 0 radical (unpaired) electrons. The summed E-state index contributed by atoms with van der Waals surface area (Å²) in [4.78, 5) is 11.3. The van der Waals surface area contributed by atoms with E-state index < -0.39 is 0 Å². The molecular formula is C10H14BrN3O. The van der Waals surface area contributed by atoms with Crippen molar-refractivity contribution >= 4 is 33.2 Å². The van der Waals surface area contributed by atoms with Crippen LogP contribution in [0.3, 0.4) is 0 Å². The van der Waals surface area contributed by atoms with Crippen molar-refractivity contribution in [1.82, 2.24) is 0 Å². The minimum Gasteiger partial charge on any atom is -0.397 e. The molecule has 0 spiro atoms. The normalized spacial score (nSPS) is 10.1. The summed E-state index contributed by atoms with van der Waals surface area (Å²) in [6.07, 6.45) is 0.297. The van der Waals surface area contributed by atoms with Gasteiger partial charge in [0.1, 0.15) is 0 Å². The smallest absolute Gasteiger partial charge is 0.225 e. The van der Waals surface area contributed by atoms with Crippen LogP contribution in [0.2, 0.25) is 0 Å². The summed E-state index contributed by atoms with van der Waals surface area (Å²) in [5.74, 6) is -0.123. The first-order valence-electron chi connectivity index (χ1n) is 4.60. The van der Waals surface area contributed by atoms with E-state index in [9.17, 15) is 4.79 Å². The third-order valence-electron chi connectivity index (χ3n) is 2.00. The van der Waals surface area contributed by atoms with Gasteiger partial charge in [-0.05, 0) is 24.6 Å². The van der Waals surface area contributed by atoms with E-state index in [2.05, 4.69) is 21.2 Å². The fraction of sp³-hybridized carbons (Fsp3) is 0.300. The number of amides is 1. The molecule has 1 aromatic rings.